The molecule has 0 aliphatic carbocycles. The Morgan fingerprint density at radius 2 is 0.423 bits per heavy atom. The van der Waals surface area contributed by atoms with Gasteiger partial charge in [0.1, 0.15) is 13.2 Å². The Bertz CT molecular complexity index is 1260. The fraction of sp³-hybridized carbons (Fsp3) is 0.903. The number of allylic oxidation sites excluding steroid dienone is 4. The van der Waals surface area contributed by atoms with Gasteiger partial charge in [0, 0.05) is 19.3 Å². The van der Waals surface area contributed by atoms with E-state index in [1.165, 1.54) is 295 Å². The summed E-state index contributed by atoms with van der Waals surface area (Å²) in [6.07, 6.45) is 82.1. The van der Waals surface area contributed by atoms with Crippen LogP contribution >= 0.6 is 0 Å². The molecule has 0 aliphatic heterocycles. The lowest BCUT2D eigenvalue weighted by molar-refractivity contribution is -0.167. The molecule has 0 heterocycles. The molecule has 0 aromatic rings. The smallest absolute Gasteiger partial charge is 0.306 e. The summed E-state index contributed by atoms with van der Waals surface area (Å²) in [4.78, 5) is 38.4. The molecule has 6 nitrogen and oxygen atoms in total. The van der Waals surface area contributed by atoms with E-state index in [1.807, 2.05) is 0 Å². The molecular formula is C72H136O6. The minimum absolute atomic E-state index is 0.0678. The van der Waals surface area contributed by atoms with Crippen LogP contribution in [0.5, 0.6) is 0 Å². The molecule has 0 aliphatic rings. The van der Waals surface area contributed by atoms with Gasteiger partial charge in [0.15, 0.2) is 6.10 Å². The first kappa shape index (κ1) is 75.9. The van der Waals surface area contributed by atoms with Crippen molar-refractivity contribution >= 4 is 17.9 Å². The van der Waals surface area contributed by atoms with E-state index in [0.29, 0.717) is 19.3 Å². The van der Waals surface area contributed by atoms with Crippen LogP contribution in [0, 0.1) is 0 Å². The summed E-state index contributed by atoms with van der Waals surface area (Å²) < 4.78 is 17.0. The van der Waals surface area contributed by atoms with Crippen LogP contribution in [0.15, 0.2) is 24.3 Å². The SMILES string of the molecule is CCCCCCC/C=C\CCCCCCCC(=O)OCC(COC(=O)CCCCCCCCCCCCCCCCC/C=C\CCCCCCCCCC)OC(=O)CCCCCCCCCCCCCCCCCCCCC. The largest absolute Gasteiger partial charge is 0.462 e. The monoisotopic (exact) mass is 1100 g/mol. The van der Waals surface area contributed by atoms with E-state index < -0.39 is 6.10 Å². The molecule has 0 aromatic heterocycles. The molecule has 6 heteroatoms. The second-order valence-corrected chi connectivity index (χ2v) is 24.1. The van der Waals surface area contributed by atoms with Crippen molar-refractivity contribution in [1.82, 2.24) is 0 Å². The van der Waals surface area contributed by atoms with Crippen molar-refractivity contribution in [3.05, 3.63) is 24.3 Å². The van der Waals surface area contributed by atoms with E-state index in [4.69, 9.17) is 14.2 Å². The van der Waals surface area contributed by atoms with Gasteiger partial charge in [-0.25, -0.2) is 0 Å². The topological polar surface area (TPSA) is 78.9 Å². The lowest BCUT2D eigenvalue weighted by Crippen LogP contribution is -2.30. The Morgan fingerprint density at radius 3 is 0.641 bits per heavy atom. The summed E-state index contributed by atoms with van der Waals surface area (Å²) in [7, 11) is 0. The summed E-state index contributed by atoms with van der Waals surface area (Å²) in [5.41, 5.74) is 0. The summed E-state index contributed by atoms with van der Waals surface area (Å²) in [6, 6.07) is 0. The number of rotatable bonds is 66. The molecule has 0 fully saturated rings. The van der Waals surface area contributed by atoms with E-state index >= 15 is 0 Å². The highest BCUT2D eigenvalue weighted by molar-refractivity contribution is 5.71. The van der Waals surface area contributed by atoms with Gasteiger partial charge in [-0.05, 0) is 70.6 Å². The van der Waals surface area contributed by atoms with Crippen LogP contribution in [-0.4, -0.2) is 37.2 Å². The van der Waals surface area contributed by atoms with Crippen molar-refractivity contribution in [2.24, 2.45) is 0 Å². The maximum absolute atomic E-state index is 12.9. The fourth-order valence-electron chi connectivity index (χ4n) is 10.8. The van der Waals surface area contributed by atoms with Crippen LogP contribution in [0.25, 0.3) is 0 Å². The van der Waals surface area contributed by atoms with E-state index in [2.05, 4.69) is 45.1 Å². The van der Waals surface area contributed by atoms with Gasteiger partial charge in [-0.3, -0.25) is 14.4 Å². The molecule has 0 saturated heterocycles. The van der Waals surface area contributed by atoms with Crippen molar-refractivity contribution in [3.8, 4) is 0 Å². The van der Waals surface area contributed by atoms with Crippen LogP contribution in [-0.2, 0) is 28.6 Å². The molecule has 460 valence electrons. The molecule has 0 radical (unpaired) electrons. The van der Waals surface area contributed by atoms with Gasteiger partial charge in [-0.1, -0.05) is 334 Å². The van der Waals surface area contributed by atoms with Gasteiger partial charge in [0.2, 0.25) is 0 Å². The Balaban J connectivity index is 4.21. The fourth-order valence-corrected chi connectivity index (χ4v) is 10.8. The summed E-state index contributed by atoms with van der Waals surface area (Å²) in [5, 5.41) is 0. The van der Waals surface area contributed by atoms with Crippen molar-refractivity contribution in [2.45, 2.75) is 406 Å². The zero-order valence-corrected chi connectivity index (χ0v) is 53.0. The highest BCUT2D eigenvalue weighted by atomic mass is 16.6. The van der Waals surface area contributed by atoms with Crippen molar-refractivity contribution in [3.63, 3.8) is 0 Å². The lowest BCUT2D eigenvalue weighted by atomic mass is 10.0. The number of hydrogen-bond acceptors (Lipinski definition) is 6. The van der Waals surface area contributed by atoms with Crippen molar-refractivity contribution in [2.75, 3.05) is 13.2 Å². The third-order valence-electron chi connectivity index (χ3n) is 16.2. The normalized spacial score (nSPS) is 12.1. The van der Waals surface area contributed by atoms with Gasteiger partial charge >= 0.3 is 17.9 Å². The number of ether oxygens (including phenoxy) is 3. The van der Waals surface area contributed by atoms with Crippen LogP contribution in [0.2, 0.25) is 0 Å². The molecule has 0 bridgehead atoms. The first-order valence-corrected chi connectivity index (χ1v) is 35.3. The molecule has 0 aromatic carbocycles. The van der Waals surface area contributed by atoms with Crippen LogP contribution < -0.4 is 0 Å². The molecule has 78 heavy (non-hydrogen) atoms. The molecule has 0 amide bonds. The molecule has 0 rings (SSSR count). The maximum Gasteiger partial charge on any atom is 0.306 e. The summed E-state index contributed by atoms with van der Waals surface area (Å²) in [6.45, 7) is 6.70. The highest BCUT2D eigenvalue weighted by Crippen LogP contribution is 2.19. The van der Waals surface area contributed by atoms with Crippen LogP contribution in [0.4, 0.5) is 0 Å². The lowest BCUT2D eigenvalue weighted by Gasteiger charge is -2.18. The van der Waals surface area contributed by atoms with Gasteiger partial charge in [0.05, 0.1) is 0 Å². The molecule has 0 saturated carbocycles. The molecular weight excluding hydrogens is 961 g/mol. The predicted molar refractivity (Wildman–Crippen MR) is 340 cm³/mol. The molecule has 1 unspecified atom stereocenters. The van der Waals surface area contributed by atoms with Gasteiger partial charge in [-0.15, -0.1) is 0 Å². The van der Waals surface area contributed by atoms with E-state index in [0.717, 1.165) is 64.2 Å². The Hall–Kier alpha value is -2.11. The number of hydrogen-bond donors (Lipinski definition) is 0. The van der Waals surface area contributed by atoms with Gasteiger partial charge in [0.25, 0.3) is 0 Å². The highest BCUT2D eigenvalue weighted by Gasteiger charge is 2.19. The predicted octanol–water partition coefficient (Wildman–Crippen LogP) is 24.2. The number of carbonyl (C=O) groups is 3. The second kappa shape index (κ2) is 67.4. The number of carbonyl (C=O) groups excluding carboxylic acids is 3. The minimum atomic E-state index is -0.772. The van der Waals surface area contributed by atoms with E-state index in [-0.39, 0.29) is 31.1 Å². The minimum Gasteiger partial charge on any atom is -0.462 e. The number of esters is 3. The first-order valence-electron chi connectivity index (χ1n) is 35.3. The van der Waals surface area contributed by atoms with Crippen molar-refractivity contribution in [1.29, 1.82) is 0 Å². The Kier molecular flexibility index (Phi) is 65.6. The van der Waals surface area contributed by atoms with Crippen LogP contribution in [0.1, 0.15) is 400 Å². The second-order valence-electron chi connectivity index (χ2n) is 24.1. The average molecular weight is 1100 g/mol. The van der Waals surface area contributed by atoms with Gasteiger partial charge in [-0.2, -0.15) is 0 Å². The maximum atomic E-state index is 12.9. The third-order valence-corrected chi connectivity index (χ3v) is 16.2. The zero-order chi connectivity index (χ0) is 56.4. The zero-order valence-electron chi connectivity index (χ0n) is 53.0. The Morgan fingerprint density at radius 1 is 0.244 bits per heavy atom. The Labute approximate surface area is 487 Å². The summed E-state index contributed by atoms with van der Waals surface area (Å²) in [5.74, 6) is -0.845. The van der Waals surface area contributed by atoms with Crippen LogP contribution in [0.3, 0.4) is 0 Å². The quantitative estimate of drug-likeness (QED) is 0.0261. The standard InChI is InChI=1S/C72H136O6/c1-4-7-10-13-16-19-22-25-28-30-32-33-34-35-36-37-38-39-41-42-44-47-50-53-56-59-62-65-71(74)77-68-69(67-76-70(73)64-61-58-55-52-49-46-27-24-21-18-15-12-9-6-3)78-72(75)66-63-60-57-54-51-48-45-43-40-31-29-26-23-20-17-14-11-8-5-2/h24,27,30,32,69H,4-23,25-26,28-29,31,33-68H2,1-3H3/b27-24-,32-30-. The van der Waals surface area contributed by atoms with E-state index in [1.54, 1.807) is 0 Å². The molecule has 0 N–H and O–H groups in total. The number of unbranched alkanes of at least 4 members (excludes halogenated alkanes) is 51. The molecule has 1 atom stereocenters. The average Bonchev–Trinajstić information content (AvgIpc) is 3.44. The van der Waals surface area contributed by atoms with E-state index in [9.17, 15) is 14.4 Å². The molecule has 0 spiro atoms. The van der Waals surface area contributed by atoms with Crippen molar-refractivity contribution < 1.29 is 28.6 Å². The summed E-state index contributed by atoms with van der Waals surface area (Å²) >= 11 is 0. The van der Waals surface area contributed by atoms with Gasteiger partial charge < -0.3 is 14.2 Å². The first-order chi connectivity index (χ1) is 38.5. The third kappa shape index (κ3) is 64.7.